The third kappa shape index (κ3) is 66.5. The molecule has 5 atom stereocenters. The van der Waals surface area contributed by atoms with Gasteiger partial charge in [0.05, 0.1) is 26.4 Å². The quantitative estimate of drug-likeness (QED) is 0.0222. The first-order valence-electron chi connectivity index (χ1n) is 37.8. The standard InChI is InChI=1S/C72H140O17P2/c1-5-9-13-17-20-23-26-28-30-31-32-33-34-35-37-39-41-44-47-51-55-59-72(77)89-68(63-83-70(75)57-53-49-45-43-40-38-36-29-27-24-21-18-14-10-6-2)65-87-91(80,81)85-61-66(73)60-84-90(78,79)86-64-67(62-82-69(74)56-52-48-16-12-8-4)88-71(76)58-54-50-46-42-25-22-19-15-11-7-3/h66-68,73H,5-65H2,1-4H3,(H,78,79)(H,80,81)/t66-,67+,68+/m0/s1. The first kappa shape index (κ1) is 89.1. The number of hydrogen-bond acceptors (Lipinski definition) is 15. The van der Waals surface area contributed by atoms with E-state index in [9.17, 15) is 43.2 Å². The van der Waals surface area contributed by atoms with Gasteiger partial charge >= 0.3 is 39.5 Å². The largest absolute Gasteiger partial charge is 0.472 e. The van der Waals surface area contributed by atoms with Crippen molar-refractivity contribution < 1.29 is 80.2 Å². The van der Waals surface area contributed by atoms with E-state index in [2.05, 4.69) is 27.7 Å². The molecule has 0 aromatic heterocycles. The van der Waals surface area contributed by atoms with Gasteiger partial charge < -0.3 is 33.8 Å². The van der Waals surface area contributed by atoms with Crippen molar-refractivity contribution in [2.75, 3.05) is 39.6 Å². The molecule has 17 nitrogen and oxygen atoms in total. The van der Waals surface area contributed by atoms with E-state index in [-0.39, 0.29) is 25.7 Å². The second-order valence-corrected chi connectivity index (χ2v) is 28.9. The minimum absolute atomic E-state index is 0.106. The van der Waals surface area contributed by atoms with Gasteiger partial charge in [0, 0.05) is 25.7 Å². The van der Waals surface area contributed by atoms with E-state index in [4.69, 9.17) is 37.0 Å². The summed E-state index contributed by atoms with van der Waals surface area (Å²) in [6, 6.07) is 0. The van der Waals surface area contributed by atoms with Crippen LogP contribution >= 0.6 is 15.6 Å². The number of rotatable bonds is 73. The molecular weight excluding hydrogens is 1200 g/mol. The molecule has 0 heterocycles. The van der Waals surface area contributed by atoms with Crippen molar-refractivity contribution in [3.63, 3.8) is 0 Å². The number of phosphoric acid groups is 2. The first-order valence-corrected chi connectivity index (χ1v) is 40.8. The summed E-state index contributed by atoms with van der Waals surface area (Å²) >= 11 is 0. The lowest BCUT2D eigenvalue weighted by molar-refractivity contribution is -0.161. The molecule has 0 fully saturated rings. The number of unbranched alkanes of at least 4 members (excludes halogenated alkanes) is 47. The van der Waals surface area contributed by atoms with E-state index >= 15 is 0 Å². The highest BCUT2D eigenvalue weighted by atomic mass is 31.2. The van der Waals surface area contributed by atoms with Crippen LogP contribution in [0.5, 0.6) is 0 Å². The molecule has 0 aliphatic rings. The highest BCUT2D eigenvalue weighted by Gasteiger charge is 2.30. The molecule has 0 amide bonds. The summed E-state index contributed by atoms with van der Waals surface area (Å²) < 4.78 is 68.1. The molecule has 0 aromatic rings. The van der Waals surface area contributed by atoms with Crippen LogP contribution in [-0.2, 0) is 65.4 Å². The molecule has 3 N–H and O–H groups in total. The molecule has 19 heteroatoms. The van der Waals surface area contributed by atoms with Gasteiger partial charge in [-0.1, -0.05) is 329 Å². The molecule has 0 aliphatic carbocycles. The topological polar surface area (TPSA) is 237 Å². The molecule has 2 unspecified atom stereocenters. The van der Waals surface area contributed by atoms with Crippen LogP contribution in [0.3, 0.4) is 0 Å². The highest BCUT2D eigenvalue weighted by molar-refractivity contribution is 7.47. The summed E-state index contributed by atoms with van der Waals surface area (Å²) in [5.74, 6) is -2.13. The van der Waals surface area contributed by atoms with Crippen LogP contribution < -0.4 is 0 Å². The van der Waals surface area contributed by atoms with E-state index in [1.807, 2.05) is 0 Å². The zero-order valence-corrected chi connectivity index (χ0v) is 60.6. The predicted molar refractivity (Wildman–Crippen MR) is 368 cm³/mol. The summed E-state index contributed by atoms with van der Waals surface area (Å²) in [6.07, 6.45) is 56.0. The SMILES string of the molecule is CCCCCCCCCCCCCCCCCCCCCCCC(=O)O[C@H](COC(=O)CCCCCCCCCCCCCCCCC)COP(=O)(O)OC[C@@H](O)COP(=O)(O)OC[C@@H](COC(=O)CCCCCCC)OC(=O)CCCCCCCCCCCC. The third-order valence-electron chi connectivity index (χ3n) is 16.9. The molecule has 0 saturated carbocycles. The fourth-order valence-corrected chi connectivity index (χ4v) is 12.6. The second-order valence-electron chi connectivity index (χ2n) is 26.0. The number of phosphoric ester groups is 2. The van der Waals surface area contributed by atoms with Gasteiger partial charge in [0.2, 0.25) is 0 Å². The number of esters is 4. The van der Waals surface area contributed by atoms with Gasteiger partial charge in [0.1, 0.15) is 19.3 Å². The monoisotopic (exact) mass is 1340 g/mol. The molecule has 0 bridgehead atoms. The van der Waals surface area contributed by atoms with E-state index in [0.29, 0.717) is 25.7 Å². The third-order valence-corrected chi connectivity index (χ3v) is 18.8. The van der Waals surface area contributed by atoms with Crippen LogP contribution in [-0.4, -0.2) is 96.7 Å². The molecule has 540 valence electrons. The minimum atomic E-state index is -4.95. The Morgan fingerprint density at radius 2 is 0.440 bits per heavy atom. The molecule has 91 heavy (non-hydrogen) atoms. The molecule has 0 spiro atoms. The Morgan fingerprint density at radius 3 is 0.648 bits per heavy atom. The van der Waals surface area contributed by atoms with Gasteiger partial charge in [-0.2, -0.15) is 0 Å². The van der Waals surface area contributed by atoms with Crippen molar-refractivity contribution >= 4 is 39.5 Å². The minimum Gasteiger partial charge on any atom is -0.462 e. The molecule has 0 aliphatic heterocycles. The number of hydrogen-bond donors (Lipinski definition) is 3. The van der Waals surface area contributed by atoms with Gasteiger partial charge in [-0.3, -0.25) is 37.3 Å². The Labute approximate surface area is 556 Å². The fraction of sp³-hybridized carbons (Fsp3) is 0.944. The Kier molecular flexibility index (Phi) is 65.2. The molecule has 0 rings (SSSR count). The average Bonchev–Trinajstić information content (AvgIpc) is 3.35. The number of aliphatic hydroxyl groups excluding tert-OH is 1. The summed E-state index contributed by atoms with van der Waals surface area (Å²) in [6.45, 7) is 4.86. The Morgan fingerprint density at radius 1 is 0.264 bits per heavy atom. The number of carbonyl (C=O) groups excluding carboxylic acids is 4. The van der Waals surface area contributed by atoms with Gasteiger partial charge in [-0.25, -0.2) is 9.13 Å². The van der Waals surface area contributed by atoms with E-state index in [0.717, 1.165) is 96.3 Å². The summed E-state index contributed by atoms with van der Waals surface area (Å²) in [7, 11) is -9.89. The number of carbonyl (C=O) groups is 4. The van der Waals surface area contributed by atoms with Crippen LogP contribution in [0.1, 0.15) is 381 Å². The van der Waals surface area contributed by atoms with Crippen LogP contribution in [0.25, 0.3) is 0 Å². The predicted octanol–water partition coefficient (Wildman–Crippen LogP) is 21.1. The van der Waals surface area contributed by atoms with Crippen molar-refractivity contribution in [1.29, 1.82) is 0 Å². The lowest BCUT2D eigenvalue weighted by atomic mass is 10.0. The van der Waals surface area contributed by atoms with E-state index in [1.165, 1.54) is 205 Å². The van der Waals surface area contributed by atoms with Gasteiger partial charge in [0.15, 0.2) is 12.2 Å². The molecule has 0 radical (unpaired) electrons. The van der Waals surface area contributed by atoms with Crippen molar-refractivity contribution in [2.45, 2.75) is 399 Å². The average molecular weight is 1340 g/mol. The Balaban J connectivity index is 5.11. The van der Waals surface area contributed by atoms with E-state index < -0.39 is 97.5 Å². The van der Waals surface area contributed by atoms with Crippen molar-refractivity contribution in [1.82, 2.24) is 0 Å². The van der Waals surface area contributed by atoms with Gasteiger partial charge in [-0.05, 0) is 25.7 Å². The first-order chi connectivity index (χ1) is 44.2. The van der Waals surface area contributed by atoms with E-state index in [1.54, 1.807) is 0 Å². The lowest BCUT2D eigenvalue weighted by Crippen LogP contribution is -2.30. The van der Waals surface area contributed by atoms with Crippen molar-refractivity contribution in [3.8, 4) is 0 Å². The second kappa shape index (κ2) is 66.7. The molecular formula is C72H140O17P2. The van der Waals surface area contributed by atoms with Crippen LogP contribution in [0, 0.1) is 0 Å². The number of ether oxygens (including phenoxy) is 4. The lowest BCUT2D eigenvalue weighted by Gasteiger charge is -2.21. The zero-order chi connectivity index (χ0) is 66.8. The summed E-state index contributed by atoms with van der Waals surface area (Å²) in [4.78, 5) is 72.3. The summed E-state index contributed by atoms with van der Waals surface area (Å²) in [5, 5.41) is 10.6. The maximum Gasteiger partial charge on any atom is 0.472 e. The van der Waals surface area contributed by atoms with Crippen LogP contribution in [0.15, 0.2) is 0 Å². The summed E-state index contributed by atoms with van der Waals surface area (Å²) in [5.41, 5.74) is 0. The molecule has 0 aromatic carbocycles. The zero-order valence-electron chi connectivity index (χ0n) is 58.8. The normalized spacial score (nSPS) is 14.0. The fourth-order valence-electron chi connectivity index (χ4n) is 11.0. The van der Waals surface area contributed by atoms with Crippen molar-refractivity contribution in [2.24, 2.45) is 0 Å². The maximum atomic E-state index is 13.1. The van der Waals surface area contributed by atoms with Crippen LogP contribution in [0.4, 0.5) is 0 Å². The number of aliphatic hydroxyl groups is 1. The Hall–Kier alpha value is -1.94. The van der Waals surface area contributed by atoms with Gasteiger partial charge in [-0.15, -0.1) is 0 Å². The van der Waals surface area contributed by atoms with Crippen LogP contribution in [0.2, 0.25) is 0 Å². The smallest absolute Gasteiger partial charge is 0.462 e. The van der Waals surface area contributed by atoms with Crippen molar-refractivity contribution in [3.05, 3.63) is 0 Å². The maximum absolute atomic E-state index is 13.1. The molecule has 0 saturated heterocycles. The van der Waals surface area contributed by atoms with Gasteiger partial charge in [0.25, 0.3) is 0 Å². The Bertz CT molecular complexity index is 1740. The highest BCUT2D eigenvalue weighted by Crippen LogP contribution is 2.45.